The Morgan fingerprint density at radius 1 is 1.19 bits per heavy atom. The summed E-state index contributed by atoms with van der Waals surface area (Å²) >= 11 is 0. The Morgan fingerprint density at radius 3 is 2.62 bits per heavy atom. The van der Waals surface area contributed by atoms with Crippen LogP contribution in [0.4, 0.5) is 0 Å². The van der Waals surface area contributed by atoms with Crippen LogP contribution in [-0.4, -0.2) is 30.2 Å². The first-order valence-electron chi connectivity index (χ1n) is 7.68. The molecule has 2 aromatic carbocycles. The number of fused-ring (bicyclic) bond motifs is 1. The number of hydrogen-bond acceptors (Lipinski definition) is 3. The van der Waals surface area contributed by atoms with Crippen molar-refractivity contribution in [2.45, 2.75) is 26.3 Å². The molecule has 0 spiro atoms. The molecular weight excluding hydrogens is 262 g/mol. The van der Waals surface area contributed by atoms with Crippen molar-refractivity contribution in [3.05, 3.63) is 35.9 Å². The highest BCUT2D eigenvalue weighted by Gasteiger charge is 2.18. The van der Waals surface area contributed by atoms with Crippen molar-refractivity contribution < 1.29 is 9.84 Å². The standard InChI is InChI=1S/C18H23NO2/c1-13-7-9-19(10-8-13)12-17-16-11-15(21-2)5-3-14(16)4-6-18(17)20/h3-6,11,13,20H,7-10,12H2,1-2H3. The average molecular weight is 285 g/mol. The lowest BCUT2D eigenvalue weighted by atomic mass is 9.97. The third-order valence-corrected chi connectivity index (χ3v) is 4.57. The summed E-state index contributed by atoms with van der Waals surface area (Å²) < 4.78 is 5.33. The van der Waals surface area contributed by atoms with Gasteiger partial charge in [0.1, 0.15) is 11.5 Å². The summed E-state index contributed by atoms with van der Waals surface area (Å²) in [6.45, 7) is 5.35. The first kappa shape index (κ1) is 14.2. The van der Waals surface area contributed by atoms with Crippen molar-refractivity contribution in [1.82, 2.24) is 4.90 Å². The van der Waals surface area contributed by atoms with Crippen molar-refractivity contribution in [3.63, 3.8) is 0 Å². The van der Waals surface area contributed by atoms with E-state index in [0.717, 1.165) is 47.6 Å². The number of likely N-dealkylation sites (tertiary alicyclic amines) is 1. The van der Waals surface area contributed by atoms with E-state index in [2.05, 4.69) is 17.9 Å². The maximum Gasteiger partial charge on any atom is 0.120 e. The van der Waals surface area contributed by atoms with Crippen LogP contribution in [0.25, 0.3) is 10.8 Å². The second kappa shape index (κ2) is 5.94. The lowest BCUT2D eigenvalue weighted by Gasteiger charge is -2.30. The van der Waals surface area contributed by atoms with Crippen LogP contribution in [0, 0.1) is 5.92 Å². The van der Waals surface area contributed by atoms with E-state index in [-0.39, 0.29) is 0 Å². The highest BCUT2D eigenvalue weighted by atomic mass is 16.5. The Balaban J connectivity index is 1.94. The number of phenolic OH excluding ortho intramolecular Hbond substituents is 1. The molecule has 0 radical (unpaired) electrons. The third kappa shape index (κ3) is 2.98. The van der Waals surface area contributed by atoms with E-state index in [1.165, 1.54) is 12.8 Å². The van der Waals surface area contributed by atoms with Crippen LogP contribution >= 0.6 is 0 Å². The fourth-order valence-corrected chi connectivity index (χ4v) is 3.09. The molecule has 1 aliphatic rings. The predicted octanol–water partition coefficient (Wildman–Crippen LogP) is 3.79. The monoisotopic (exact) mass is 285 g/mol. The van der Waals surface area contributed by atoms with Gasteiger partial charge in [0, 0.05) is 12.1 Å². The van der Waals surface area contributed by atoms with Gasteiger partial charge >= 0.3 is 0 Å². The van der Waals surface area contributed by atoms with Gasteiger partial charge in [0.05, 0.1) is 7.11 Å². The van der Waals surface area contributed by atoms with Gasteiger partial charge in [-0.05, 0) is 60.8 Å². The van der Waals surface area contributed by atoms with E-state index < -0.39 is 0 Å². The average Bonchev–Trinajstić information content (AvgIpc) is 2.51. The maximum atomic E-state index is 10.3. The van der Waals surface area contributed by atoms with Crippen LogP contribution in [0.2, 0.25) is 0 Å². The largest absolute Gasteiger partial charge is 0.508 e. The number of methoxy groups -OCH3 is 1. The molecule has 112 valence electrons. The van der Waals surface area contributed by atoms with Crippen molar-refractivity contribution in [2.75, 3.05) is 20.2 Å². The first-order chi connectivity index (χ1) is 10.2. The van der Waals surface area contributed by atoms with E-state index in [0.29, 0.717) is 5.75 Å². The first-order valence-corrected chi connectivity index (χ1v) is 7.68. The summed E-state index contributed by atoms with van der Waals surface area (Å²) in [7, 11) is 1.68. The highest BCUT2D eigenvalue weighted by Crippen LogP contribution is 2.32. The van der Waals surface area contributed by atoms with Crippen LogP contribution in [-0.2, 0) is 6.54 Å². The molecule has 0 amide bonds. The van der Waals surface area contributed by atoms with Crippen molar-refractivity contribution in [1.29, 1.82) is 0 Å². The Hall–Kier alpha value is -1.74. The van der Waals surface area contributed by atoms with Gasteiger partial charge in [-0.2, -0.15) is 0 Å². The summed E-state index contributed by atoms with van der Waals surface area (Å²) in [4.78, 5) is 2.44. The number of phenols is 1. The lowest BCUT2D eigenvalue weighted by molar-refractivity contribution is 0.184. The fraction of sp³-hybridized carbons (Fsp3) is 0.444. The van der Waals surface area contributed by atoms with Crippen LogP contribution in [0.15, 0.2) is 30.3 Å². The third-order valence-electron chi connectivity index (χ3n) is 4.57. The van der Waals surface area contributed by atoms with Crippen molar-refractivity contribution in [3.8, 4) is 11.5 Å². The lowest BCUT2D eigenvalue weighted by Crippen LogP contribution is -2.32. The molecule has 3 rings (SSSR count). The van der Waals surface area contributed by atoms with Crippen LogP contribution in [0.3, 0.4) is 0 Å². The number of nitrogens with zero attached hydrogens (tertiary/aromatic N) is 1. The van der Waals surface area contributed by atoms with E-state index in [4.69, 9.17) is 4.74 Å². The van der Waals surface area contributed by atoms with Gasteiger partial charge in [0.2, 0.25) is 0 Å². The number of hydrogen-bond donors (Lipinski definition) is 1. The van der Waals surface area contributed by atoms with Crippen LogP contribution < -0.4 is 4.74 Å². The summed E-state index contributed by atoms with van der Waals surface area (Å²) in [6.07, 6.45) is 2.49. The summed E-state index contributed by atoms with van der Waals surface area (Å²) in [5.74, 6) is 2.04. The molecule has 0 saturated carbocycles. The molecule has 2 aromatic rings. The summed E-state index contributed by atoms with van der Waals surface area (Å²) in [5.41, 5.74) is 1.01. The topological polar surface area (TPSA) is 32.7 Å². The Kier molecular flexibility index (Phi) is 4.02. The minimum atomic E-state index is 0.384. The molecule has 1 heterocycles. The maximum absolute atomic E-state index is 10.3. The smallest absolute Gasteiger partial charge is 0.120 e. The Labute approximate surface area is 126 Å². The summed E-state index contributed by atoms with van der Waals surface area (Å²) in [5, 5.41) is 12.5. The molecule has 1 N–H and O–H groups in total. The van der Waals surface area contributed by atoms with Crippen molar-refractivity contribution >= 4 is 10.8 Å². The minimum absolute atomic E-state index is 0.384. The SMILES string of the molecule is COc1ccc2ccc(O)c(CN3CCC(C)CC3)c2c1. The van der Waals surface area contributed by atoms with Gasteiger partial charge in [-0.1, -0.05) is 19.1 Å². The van der Waals surface area contributed by atoms with Gasteiger partial charge in [-0.15, -0.1) is 0 Å². The second-order valence-corrected chi connectivity index (χ2v) is 6.11. The van der Waals surface area contributed by atoms with E-state index in [9.17, 15) is 5.11 Å². The molecule has 0 bridgehead atoms. The molecule has 0 aliphatic carbocycles. The highest BCUT2D eigenvalue weighted by molar-refractivity contribution is 5.88. The van der Waals surface area contributed by atoms with E-state index in [1.807, 2.05) is 18.2 Å². The Morgan fingerprint density at radius 2 is 1.90 bits per heavy atom. The minimum Gasteiger partial charge on any atom is -0.508 e. The normalized spacial score (nSPS) is 17.2. The van der Waals surface area contributed by atoms with E-state index in [1.54, 1.807) is 13.2 Å². The van der Waals surface area contributed by atoms with Crippen LogP contribution in [0.5, 0.6) is 11.5 Å². The van der Waals surface area contributed by atoms with Gasteiger partial charge in [0.25, 0.3) is 0 Å². The zero-order valence-electron chi connectivity index (χ0n) is 12.8. The molecule has 3 nitrogen and oxygen atoms in total. The zero-order valence-corrected chi connectivity index (χ0v) is 12.8. The predicted molar refractivity (Wildman–Crippen MR) is 85.8 cm³/mol. The molecule has 0 unspecified atom stereocenters. The number of ether oxygens (including phenoxy) is 1. The number of benzene rings is 2. The zero-order chi connectivity index (χ0) is 14.8. The molecule has 1 aliphatic heterocycles. The quantitative estimate of drug-likeness (QED) is 0.931. The molecule has 3 heteroatoms. The number of aromatic hydroxyl groups is 1. The summed E-state index contributed by atoms with van der Waals surface area (Å²) in [6, 6.07) is 9.81. The van der Waals surface area contributed by atoms with Gasteiger partial charge in [0.15, 0.2) is 0 Å². The fourth-order valence-electron chi connectivity index (χ4n) is 3.09. The molecule has 1 saturated heterocycles. The van der Waals surface area contributed by atoms with Crippen molar-refractivity contribution in [2.24, 2.45) is 5.92 Å². The molecular formula is C18H23NO2. The number of rotatable bonds is 3. The van der Waals surface area contributed by atoms with Crippen LogP contribution in [0.1, 0.15) is 25.3 Å². The van der Waals surface area contributed by atoms with Gasteiger partial charge in [-0.25, -0.2) is 0 Å². The molecule has 21 heavy (non-hydrogen) atoms. The van der Waals surface area contributed by atoms with Gasteiger partial charge < -0.3 is 9.84 Å². The number of piperidine rings is 1. The second-order valence-electron chi connectivity index (χ2n) is 6.11. The van der Waals surface area contributed by atoms with E-state index >= 15 is 0 Å². The molecule has 1 fully saturated rings. The molecule has 0 aromatic heterocycles. The Bertz CT molecular complexity index is 630. The van der Waals surface area contributed by atoms with Gasteiger partial charge in [-0.3, -0.25) is 4.90 Å². The molecule has 0 atom stereocenters.